The highest BCUT2D eigenvalue weighted by molar-refractivity contribution is 5.99. The van der Waals surface area contributed by atoms with Gasteiger partial charge < -0.3 is 24.7 Å². The second kappa shape index (κ2) is 11.1. The first-order valence-corrected chi connectivity index (χ1v) is 10.3. The van der Waals surface area contributed by atoms with Crippen molar-refractivity contribution in [3.63, 3.8) is 0 Å². The number of rotatable bonds is 9. The lowest BCUT2D eigenvalue weighted by atomic mass is 10.1. The van der Waals surface area contributed by atoms with Crippen LogP contribution in [-0.2, 0) is 19.1 Å². The van der Waals surface area contributed by atoms with Crippen LogP contribution >= 0.6 is 0 Å². The molecule has 0 unspecified atom stereocenters. The van der Waals surface area contributed by atoms with Crippen molar-refractivity contribution in [2.24, 2.45) is 0 Å². The molecule has 9 heteroatoms. The van der Waals surface area contributed by atoms with Crippen LogP contribution in [0.3, 0.4) is 0 Å². The van der Waals surface area contributed by atoms with E-state index < -0.39 is 24.5 Å². The number of anilines is 1. The molecule has 172 valence electrons. The Balaban J connectivity index is 2.01. The molecule has 32 heavy (non-hydrogen) atoms. The zero-order chi connectivity index (χ0) is 23.8. The summed E-state index contributed by atoms with van der Waals surface area (Å²) >= 11 is 0. The number of hydrogen-bond acceptors (Lipinski definition) is 6. The van der Waals surface area contributed by atoms with E-state index in [4.69, 9.17) is 9.47 Å². The van der Waals surface area contributed by atoms with E-state index in [1.807, 2.05) is 32.0 Å². The maximum atomic E-state index is 12.6. The van der Waals surface area contributed by atoms with E-state index in [2.05, 4.69) is 10.3 Å². The number of carbonyl (C=O) groups is 4. The molecule has 2 N–H and O–H groups in total. The summed E-state index contributed by atoms with van der Waals surface area (Å²) in [7, 11) is 1.25. The molecule has 2 amide bonds. The summed E-state index contributed by atoms with van der Waals surface area (Å²) in [4.78, 5) is 53.5. The van der Waals surface area contributed by atoms with Gasteiger partial charge in [0.15, 0.2) is 6.61 Å². The second-order valence-corrected chi connectivity index (χ2v) is 7.37. The number of H-pyrrole nitrogens is 1. The first-order chi connectivity index (χ1) is 15.2. The number of esters is 2. The molecule has 0 bridgehead atoms. The van der Waals surface area contributed by atoms with Crippen molar-refractivity contribution in [1.29, 1.82) is 0 Å². The Morgan fingerprint density at radius 2 is 1.75 bits per heavy atom. The van der Waals surface area contributed by atoms with Gasteiger partial charge in [-0.25, -0.2) is 9.59 Å². The van der Waals surface area contributed by atoms with Crippen LogP contribution in [0.15, 0.2) is 24.3 Å². The summed E-state index contributed by atoms with van der Waals surface area (Å²) < 4.78 is 9.88. The van der Waals surface area contributed by atoms with Crippen LogP contribution in [0, 0.1) is 20.8 Å². The van der Waals surface area contributed by atoms with Crippen LogP contribution in [0.25, 0.3) is 0 Å². The van der Waals surface area contributed by atoms with Gasteiger partial charge in [0, 0.05) is 17.9 Å². The molecule has 1 aromatic heterocycles. The topological polar surface area (TPSA) is 118 Å². The average molecular weight is 444 g/mol. The van der Waals surface area contributed by atoms with Gasteiger partial charge in [-0.1, -0.05) is 25.1 Å². The molecule has 0 saturated heterocycles. The van der Waals surface area contributed by atoms with Crippen molar-refractivity contribution in [1.82, 2.24) is 9.88 Å². The van der Waals surface area contributed by atoms with E-state index in [1.54, 1.807) is 19.9 Å². The molecule has 9 nitrogen and oxygen atoms in total. The van der Waals surface area contributed by atoms with Gasteiger partial charge in [0.2, 0.25) is 5.91 Å². The number of nitrogens with one attached hydrogen (secondary N) is 2. The largest absolute Gasteiger partial charge is 0.465 e. The number of amides is 2. The lowest BCUT2D eigenvalue weighted by Gasteiger charge is -2.21. The molecule has 0 saturated carbocycles. The third-order valence-corrected chi connectivity index (χ3v) is 4.96. The molecule has 2 aromatic rings. The number of aryl methyl sites for hydroxylation is 2. The van der Waals surface area contributed by atoms with Crippen molar-refractivity contribution in [3.8, 4) is 0 Å². The number of para-hydroxylation sites is 1. The highest BCUT2D eigenvalue weighted by Crippen LogP contribution is 2.19. The Kier molecular flexibility index (Phi) is 8.57. The molecule has 1 heterocycles. The maximum absolute atomic E-state index is 12.6. The summed E-state index contributed by atoms with van der Waals surface area (Å²) in [5.41, 5.74) is 2.77. The van der Waals surface area contributed by atoms with E-state index in [0.717, 1.165) is 5.56 Å². The molecule has 1 aromatic carbocycles. The van der Waals surface area contributed by atoms with Crippen LogP contribution in [0.1, 0.15) is 51.0 Å². The van der Waals surface area contributed by atoms with Gasteiger partial charge in [-0.15, -0.1) is 0 Å². The van der Waals surface area contributed by atoms with Crippen molar-refractivity contribution >= 4 is 29.4 Å². The van der Waals surface area contributed by atoms with E-state index in [9.17, 15) is 19.2 Å². The van der Waals surface area contributed by atoms with Gasteiger partial charge in [-0.05, 0) is 44.4 Å². The normalized spacial score (nSPS) is 10.4. The number of methoxy groups -OCH3 is 1. The third-order valence-electron chi connectivity index (χ3n) is 4.96. The Hall–Kier alpha value is -3.62. The molecule has 0 radical (unpaired) electrons. The smallest absolute Gasteiger partial charge is 0.355 e. The summed E-state index contributed by atoms with van der Waals surface area (Å²) in [5, 5.41) is 2.79. The van der Waals surface area contributed by atoms with E-state index in [0.29, 0.717) is 29.9 Å². The summed E-state index contributed by atoms with van der Waals surface area (Å²) in [5.74, 6) is -2.17. The van der Waals surface area contributed by atoms with Crippen LogP contribution in [0.4, 0.5) is 5.69 Å². The Morgan fingerprint density at radius 1 is 1.06 bits per heavy atom. The van der Waals surface area contributed by atoms with Crippen LogP contribution in [0.5, 0.6) is 0 Å². The van der Waals surface area contributed by atoms with Crippen molar-refractivity contribution in [2.75, 3.05) is 32.1 Å². The van der Waals surface area contributed by atoms with Gasteiger partial charge in [-0.3, -0.25) is 9.59 Å². The molecular formula is C23H29N3O6. The summed E-state index contributed by atoms with van der Waals surface area (Å²) in [6.45, 7) is 6.63. The molecule has 0 aliphatic heterocycles. The van der Waals surface area contributed by atoms with Crippen LogP contribution < -0.4 is 5.32 Å². The number of benzene rings is 1. The number of ether oxygens (including phenoxy) is 2. The average Bonchev–Trinajstić information content (AvgIpc) is 3.06. The van der Waals surface area contributed by atoms with Gasteiger partial charge in [-0.2, -0.15) is 0 Å². The number of nitrogens with zero attached hydrogens (tertiary/aromatic N) is 1. The summed E-state index contributed by atoms with van der Waals surface area (Å²) in [6.07, 6.45) is 0.634. The molecule has 2 rings (SSSR count). The minimum atomic E-state index is -0.769. The van der Waals surface area contributed by atoms with Crippen molar-refractivity contribution in [2.45, 2.75) is 34.1 Å². The molecule has 0 spiro atoms. The van der Waals surface area contributed by atoms with Crippen molar-refractivity contribution in [3.05, 3.63) is 52.3 Å². The van der Waals surface area contributed by atoms with Crippen molar-refractivity contribution < 1.29 is 28.7 Å². The molecular weight excluding hydrogens is 414 g/mol. The highest BCUT2D eigenvalue weighted by Gasteiger charge is 2.25. The van der Waals surface area contributed by atoms with E-state index >= 15 is 0 Å². The van der Waals surface area contributed by atoms with E-state index in [-0.39, 0.29) is 23.7 Å². The molecule has 0 atom stereocenters. The summed E-state index contributed by atoms with van der Waals surface area (Å²) in [6, 6.07) is 7.34. The zero-order valence-corrected chi connectivity index (χ0v) is 19.0. The minimum absolute atomic E-state index is 0.0787. The standard InChI is InChI=1S/C23H29N3O6/c1-6-11-26(12-18(27)25-17-10-8-7-9-14(17)2)19(28)13-32-23(30)21-15(3)20(16(4)24-21)22(29)31-5/h7-10,24H,6,11-13H2,1-5H3,(H,25,27). The predicted molar refractivity (Wildman–Crippen MR) is 119 cm³/mol. The predicted octanol–water partition coefficient (Wildman–Crippen LogP) is 2.76. The van der Waals surface area contributed by atoms with Gasteiger partial charge >= 0.3 is 11.9 Å². The van der Waals surface area contributed by atoms with E-state index in [1.165, 1.54) is 12.0 Å². The fourth-order valence-corrected chi connectivity index (χ4v) is 3.29. The highest BCUT2D eigenvalue weighted by atomic mass is 16.5. The maximum Gasteiger partial charge on any atom is 0.355 e. The monoisotopic (exact) mass is 443 g/mol. The number of hydrogen-bond donors (Lipinski definition) is 2. The SMILES string of the molecule is CCCN(CC(=O)Nc1ccccc1C)C(=O)COC(=O)c1[nH]c(C)c(C(=O)OC)c1C. The number of aromatic amines is 1. The first kappa shape index (κ1) is 24.6. The first-order valence-electron chi connectivity index (χ1n) is 10.3. The van der Waals surface area contributed by atoms with Gasteiger partial charge in [0.1, 0.15) is 5.69 Å². The van der Waals surface area contributed by atoms with Gasteiger partial charge in [0.05, 0.1) is 19.2 Å². The Morgan fingerprint density at radius 3 is 2.38 bits per heavy atom. The van der Waals surface area contributed by atoms with Crippen LogP contribution in [-0.4, -0.2) is 60.4 Å². The minimum Gasteiger partial charge on any atom is -0.465 e. The third kappa shape index (κ3) is 5.96. The Labute approximate surface area is 187 Å². The second-order valence-electron chi connectivity index (χ2n) is 7.37. The zero-order valence-electron chi connectivity index (χ0n) is 19.0. The number of aromatic nitrogens is 1. The quantitative estimate of drug-likeness (QED) is 0.576. The molecule has 0 aliphatic carbocycles. The van der Waals surface area contributed by atoms with Gasteiger partial charge in [0.25, 0.3) is 5.91 Å². The number of carbonyl (C=O) groups excluding carboxylic acids is 4. The lowest BCUT2D eigenvalue weighted by molar-refractivity contribution is -0.137. The lowest BCUT2D eigenvalue weighted by Crippen LogP contribution is -2.40. The fraction of sp³-hybridized carbons (Fsp3) is 0.391. The molecule has 0 aliphatic rings. The fourth-order valence-electron chi connectivity index (χ4n) is 3.29. The van der Waals surface area contributed by atoms with Crippen LogP contribution in [0.2, 0.25) is 0 Å². The molecule has 0 fully saturated rings. The Bertz CT molecular complexity index is 1010.